The lowest BCUT2D eigenvalue weighted by molar-refractivity contribution is -0.116. The monoisotopic (exact) mass is 504 g/mol. The Kier molecular flexibility index (Phi) is 7.40. The number of aryl methyl sites for hydroxylation is 1. The molecule has 0 fully saturated rings. The number of benzene rings is 2. The maximum absolute atomic E-state index is 12.7. The van der Waals surface area contributed by atoms with Crippen LogP contribution in [0.5, 0.6) is 0 Å². The molecule has 0 aliphatic carbocycles. The fourth-order valence-corrected chi connectivity index (χ4v) is 4.86. The Hall–Kier alpha value is -4.11. The number of ketones is 1. The van der Waals surface area contributed by atoms with Gasteiger partial charge >= 0.3 is 5.97 Å². The van der Waals surface area contributed by atoms with Gasteiger partial charge in [-0.3, -0.25) is 24.1 Å². The summed E-state index contributed by atoms with van der Waals surface area (Å²) in [6.07, 6.45) is -0.0580. The number of Topliss-reactive ketones (excluding diaryl/α,β-unsaturated/α-hetero) is 1. The summed E-state index contributed by atoms with van der Waals surface area (Å²) in [7, 11) is 0. The van der Waals surface area contributed by atoms with Crippen molar-refractivity contribution >= 4 is 45.8 Å². The van der Waals surface area contributed by atoms with E-state index in [0.29, 0.717) is 21.6 Å². The Bertz CT molecular complexity index is 1320. The molecule has 1 aromatic heterocycles. The molecule has 0 bridgehead atoms. The number of carbonyl (C=O) groups is 5. The van der Waals surface area contributed by atoms with E-state index in [1.165, 1.54) is 6.07 Å². The van der Waals surface area contributed by atoms with Crippen LogP contribution in [0.15, 0.2) is 54.6 Å². The summed E-state index contributed by atoms with van der Waals surface area (Å²) in [5.74, 6) is -2.06. The second kappa shape index (κ2) is 10.7. The van der Waals surface area contributed by atoms with Crippen molar-refractivity contribution in [1.29, 1.82) is 0 Å². The van der Waals surface area contributed by atoms with Crippen LogP contribution in [-0.4, -0.2) is 41.0 Å². The van der Waals surface area contributed by atoms with Crippen LogP contribution in [0.25, 0.3) is 0 Å². The molecule has 4 rings (SSSR count). The summed E-state index contributed by atoms with van der Waals surface area (Å²) in [4.78, 5) is 64.6. The van der Waals surface area contributed by atoms with Gasteiger partial charge in [0.15, 0.2) is 5.78 Å². The first-order chi connectivity index (χ1) is 17.3. The molecule has 0 unspecified atom stereocenters. The normalized spacial score (nSPS) is 12.4. The fourth-order valence-electron chi connectivity index (χ4n) is 3.81. The zero-order valence-electron chi connectivity index (χ0n) is 19.8. The zero-order valence-corrected chi connectivity index (χ0v) is 20.6. The van der Waals surface area contributed by atoms with Gasteiger partial charge in [-0.05, 0) is 32.0 Å². The molecule has 0 atom stereocenters. The minimum atomic E-state index is -0.631. The topological polar surface area (TPSA) is 110 Å². The molecule has 1 aliphatic rings. The molecule has 1 aliphatic heterocycles. The first-order valence-corrected chi connectivity index (χ1v) is 12.2. The van der Waals surface area contributed by atoms with E-state index in [2.05, 4.69) is 5.32 Å². The highest BCUT2D eigenvalue weighted by atomic mass is 32.1. The third kappa shape index (κ3) is 5.26. The molecule has 0 radical (unpaired) electrons. The first-order valence-electron chi connectivity index (χ1n) is 11.4. The van der Waals surface area contributed by atoms with Crippen LogP contribution in [0.3, 0.4) is 0 Å². The minimum Gasteiger partial charge on any atom is -0.462 e. The number of hydrogen-bond acceptors (Lipinski definition) is 7. The van der Waals surface area contributed by atoms with Crippen LogP contribution in [0, 0.1) is 6.92 Å². The summed E-state index contributed by atoms with van der Waals surface area (Å²) in [5.41, 5.74) is 2.35. The van der Waals surface area contributed by atoms with Crippen molar-refractivity contribution in [1.82, 2.24) is 4.90 Å². The second-order valence-electron chi connectivity index (χ2n) is 8.26. The Morgan fingerprint density at radius 2 is 1.58 bits per heavy atom. The summed E-state index contributed by atoms with van der Waals surface area (Å²) in [6.45, 7) is 3.68. The van der Waals surface area contributed by atoms with E-state index >= 15 is 0 Å². The van der Waals surface area contributed by atoms with Gasteiger partial charge in [0.05, 0.1) is 29.8 Å². The van der Waals surface area contributed by atoms with E-state index in [1.54, 1.807) is 43.3 Å². The highest BCUT2D eigenvalue weighted by Crippen LogP contribution is 2.32. The van der Waals surface area contributed by atoms with Gasteiger partial charge in [0.1, 0.15) is 5.00 Å². The number of nitrogens with one attached hydrogen (secondary N) is 1. The van der Waals surface area contributed by atoms with Crippen molar-refractivity contribution in [3.63, 3.8) is 0 Å². The molecular formula is C27H24N2O6S. The van der Waals surface area contributed by atoms with E-state index < -0.39 is 23.7 Å². The average Bonchev–Trinajstić information content (AvgIpc) is 3.37. The molecule has 36 heavy (non-hydrogen) atoms. The molecule has 0 spiro atoms. The van der Waals surface area contributed by atoms with E-state index in [4.69, 9.17) is 4.74 Å². The van der Waals surface area contributed by atoms with Crippen LogP contribution in [0.4, 0.5) is 5.00 Å². The number of rotatable bonds is 9. The van der Waals surface area contributed by atoms with Gasteiger partial charge < -0.3 is 10.1 Å². The number of ether oxygens (including phenoxy) is 1. The van der Waals surface area contributed by atoms with Gasteiger partial charge in [-0.25, -0.2) is 4.79 Å². The number of thiophene rings is 1. The van der Waals surface area contributed by atoms with Crippen molar-refractivity contribution < 1.29 is 28.7 Å². The largest absolute Gasteiger partial charge is 0.462 e. The maximum atomic E-state index is 12.7. The van der Waals surface area contributed by atoms with Crippen LogP contribution in [-0.2, 0) is 16.1 Å². The fraction of sp³-hybridized carbons (Fsp3) is 0.222. The smallest absolute Gasteiger partial charge is 0.341 e. The number of carbonyl (C=O) groups excluding carboxylic acids is 5. The molecule has 0 saturated heterocycles. The summed E-state index contributed by atoms with van der Waals surface area (Å²) < 4.78 is 5.11. The van der Waals surface area contributed by atoms with Gasteiger partial charge in [-0.1, -0.05) is 42.0 Å². The lowest BCUT2D eigenvalue weighted by Crippen LogP contribution is -2.28. The Balaban J connectivity index is 1.47. The van der Waals surface area contributed by atoms with E-state index in [1.807, 2.05) is 19.1 Å². The van der Waals surface area contributed by atoms with E-state index in [9.17, 15) is 24.0 Å². The van der Waals surface area contributed by atoms with Gasteiger partial charge in [-0.2, -0.15) is 0 Å². The number of imide groups is 1. The molecule has 1 N–H and O–H groups in total. The average molecular weight is 505 g/mol. The van der Waals surface area contributed by atoms with Gasteiger partial charge in [0.2, 0.25) is 5.91 Å². The van der Waals surface area contributed by atoms with Gasteiger partial charge in [0.25, 0.3) is 11.8 Å². The van der Waals surface area contributed by atoms with Crippen LogP contribution >= 0.6 is 11.3 Å². The lowest BCUT2D eigenvalue weighted by atomic mass is 10.1. The highest BCUT2D eigenvalue weighted by Gasteiger charge is 2.35. The van der Waals surface area contributed by atoms with Crippen LogP contribution < -0.4 is 5.32 Å². The maximum Gasteiger partial charge on any atom is 0.341 e. The van der Waals surface area contributed by atoms with Crippen LogP contribution in [0.2, 0.25) is 0 Å². The van der Waals surface area contributed by atoms with Crippen molar-refractivity contribution in [2.45, 2.75) is 33.2 Å². The molecule has 0 saturated carbocycles. The van der Waals surface area contributed by atoms with E-state index in [-0.39, 0.29) is 42.3 Å². The molecule has 184 valence electrons. The molecule has 2 heterocycles. The van der Waals surface area contributed by atoms with Crippen molar-refractivity contribution in [3.8, 4) is 0 Å². The molecule has 8 nitrogen and oxygen atoms in total. The summed E-state index contributed by atoms with van der Waals surface area (Å²) in [5, 5.41) is 2.93. The SMILES string of the molecule is CCOC(=O)c1cc(CN2C(=O)c3ccccc3C2=O)sc1NC(=O)CCC(=O)c1ccc(C)cc1. The van der Waals surface area contributed by atoms with Gasteiger partial charge in [0, 0.05) is 23.3 Å². The quantitative estimate of drug-likeness (QED) is 0.258. The van der Waals surface area contributed by atoms with Crippen molar-refractivity contribution in [2.75, 3.05) is 11.9 Å². The number of amides is 3. The predicted octanol–water partition coefficient (Wildman–Crippen LogP) is 4.63. The number of hydrogen-bond donors (Lipinski definition) is 1. The third-order valence-electron chi connectivity index (χ3n) is 5.68. The first kappa shape index (κ1) is 25.0. The predicted molar refractivity (Wildman–Crippen MR) is 134 cm³/mol. The number of anilines is 1. The number of fused-ring (bicyclic) bond motifs is 1. The molecule has 3 amide bonds. The molecule has 3 aromatic rings. The Labute approximate surface area is 211 Å². The standard InChI is InChI=1S/C27H24N2O6S/c1-3-35-27(34)21-14-18(15-29-25(32)19-6-4-5-7-20(19)26(29)33)36-24(21)28-23(31)13-12-22(30)17-10-8-16(2)9-11-17/h4-11,14H,3,12-13,15H2,1-2H3,(H,28,31). The lowest BCUT2D eigenvalue weighted by Gasteiger charge is -2.12. The van der Waals surface area contributed by atoms with Crippen LogP contribution in [0.1, 0.15) is 71.6 Å². The minimum absolute atomic E-state index is 0.0108. The Morgan fingerprint density at radius 1 is 0.944 bits per heavy atom. The van der Waals surface area contributed by atoms with Crippen molar-refractivity contribution in [3.05, 3.63) is 87.3 Å². The zero-order chi connectivity index (χ0) is 25.8. The van der Waals surface area contributed by atoms with Crippen molar-refractivity contribution in [2.24, 2.45) is 0 Å². The van der Waals surface area contributed by atoms with Gasteiger partial charge in [-0.15, -0.1) is 11.3 Å². The molecular weight excluding hydrogens is 480 g/mol. The number of esters is 1. The molecule has 9 heteroatoms. The summed E-state index contributed by atoms with van der Waals surface area (Å²) in [6, 6.07) is 15.2. The Morgan fingerprint density at radius 3 is 2.19 bits per heavy atom. The molecule has 2 aromatic carbocycles. The number of nitrogens with zero attached hydrogens (tertiary/aromatic N) is 1. The summed E-state index contributed by atoms with van der Waals surface area (Å²) >= 11 is 1.08. The third-order valence-corrected chi connectivity index (χ3v) is 6.71. The van der Waals surface area contributed by atoms with E-state index in [0.717, 1.165) is 21.8 Å². The second-order valence-corrected chi connectivity index (χ2v) is 9.39. The highest BCUT2D eigenvalue weighted by molar-refractivity contribution is 7.16.